The van der Waals surface area contributed by atoms with Crippen LogP contribution >= 0.6 is 0 Å². The standard InChI is InChI=1S/C15H10N4/c1-2-6-10(7-3-1)13-15-14(18-17-13)11-8-4-5-9-12(11)16-19-15/h1-9H,(H,17,18). The average Bonchev–Trinajstić information content (AvgIpc) is 2.92. The van der Waals surface area contributed by atoms with Gasteiger partial charge in [0.05, 0.1) is 11.0 Å². The van der Waals surface area contributed by atoms with Crippen molar-refractivity contribution in [2.45, 2.75) is 0 Å². The van der Waals surface area contributed by atoms with Crippen LogP contribution in [0.2, 0.25) is 0 Å². The quantitative estimate of drug-likeness (QED) is 0.561. The molecule has 2 heterocycles. The van der Waals surface area contributed by atoms with Gasteiger partial charge in [-0.1, -0.05) is 48.5 Å². The van der Waals surface area contributed by atoms with Gasteiger partial charge >= 0.3 is 0 Å². The summed E-state index contributed by atoms with van der Waals surface area (Å²) in [4.78, 5) is 0. The zero-order chi connectivity index (χ0) is 12.7. The Morgan fingerprint density at radius 3 is 2.47 bits per heavy atom. The van der Waals surface area contributed by atoms with Crippen molar-refractivity contribution in [1.29, 1.82) is 0 Å². The van der Waals surface area contributed by atoms with E-state index in [1.165, 1.54) is 0 Å². The molecule has 0 unspecified atom stereocenters. The number of aromatic amines is 1. The van der Waals surface area contributed by atoms with Crippen molar-refractivity contribution in [3.8, 4) is 11.3 Å². The van der Waals surface area contributed by atoms with E-state index in [2.05, 4.69) is 20.4 Å². The molecule has 4 nitrogen and oxygen atoms in total. The van der Waals surface area contributed by atoms with Crippen LogP contribution in [0.5, 0.6) is 0 Å². The lowest BCUT2D eigenvalue weighted by atomic mass is 10.1. The van der Waals surface area contributed by atoms with Gasteiger partial charge in [-0.2, -0.15) is 5.10 Å². The van der Waals surface area contributed by atoms with Crippen LogP contribution in [0.1, 0.15) is 0 Å². The van der Waals surface area contributed by atoms with Crippen molar-refractivity contribution in [3.63, 3.8) is 0 Å². The number of hydrogen-bond acceptors (Lipinski definition) is 3. The van der Waals surface area contributed by atoms with Gasteiger partial charge in [-0.15, -0.1) is 10.2 Å². The number of H-pyrrole nitrogens is 1. The summed E-state index contributed by atoms with van der Waals surface area (Å²) in [5.74, 6) is 0. The number of fused-ring (bicyclic) bond motifs is 3. The first-order chi connectivity index (χ1) is 9.43. The maximum atomic E-state index is 4.39. The van der Waals surface area contributed by atoms with E-state index in [1.807, 2.05) is 54.6 Å². The molecule has 0 amide bonds. The van der Waals surface area contributed by atoms with Crippen LogP contribution in [0.3, 0.4) is 0 Å². The Morgan fingerprint density at radius 2 is 1.58 bits per heavy atom. The van der Waals surface area contributed by atoms with Gasteiger partial charge in [-0.25, -0.2) is 0 Å². The molecule has 0 aliphatic rings. The summed E-state index contributed by atoms with van der Waals surface area (Å²) in [5, 5.41) is 17.1. The summed E-state index contributed by atoms with van der Waals surface area (Å²) in [6.07, 6.45) is 0. The predicted molar refractivity (Wildman–Crippen MR) is 74.6 cm³/mol. The molecule has 1 N–H and O–H groups in total. The molecule has 4 aromatic rings. The minimum atomic E-state index is 0.810. The fourth-order valence-electron chi connectivity index (χ4n) is 2.29. The first kappa shape index (κ1) is 10.2. The van der Waals surface area contributed by atoms with Crippen LogP contribution in [-0.4, -0.2) is 20.4 Å². The lowest BCUT2D eigenvalue weighted by Crippen LogP contribution is -1.86. The van der Waals surface area contributed by atoms with Gasteiger partial charge in [-0.05, 0) is 6.07 Å². The Kier molecular flexibility index (Phi) is 2.08. The number of hydrogen-bond donors (Lipinski definition) is 1. The van der Waals surface area contributed by atoms with Crippen LogP contribution in [0, 0.1) is 0 Å². The summed E-state index contributed by atoms with van der Waals surface area (Å²) in [6.45, 7) is 0. The molecule has 19 heavy (non-hydrogen) atoms. The Labute approximate surface area is 109 Å². The van der Waals surface area contributed by atoms with Crippen molar-refractivity contribution >= 4 is 21.9 Å². The largest absolute Gasteiger partial charge is 0.275 e. The Hall–Kier alpha value is -2.75. The highest BCUT2D eigenvalue weighted by Gasteiger charge is 2.12. The molecule has 2 aromatic heterocycles. The topological polar surface area (TPSA) is 54.5 Å². The van der Waals surface area contributed by atoms with Crippen LogP contribution in [0.4, 0.5) is 0 Å². The van der Waals surface area contributed by atoms with Gasteiger partial charge < -0.3 is 0 Å². The van der Waals surface area contributed by atoms with Crippen LogP contribution < -0.4 is 0 Å². The number of aromatic nitrogens is 4. The SMILES string of the molecule is c1ccc(-c2n[nH]c3c2nnc2ccccc23)cc1. The van der Waals surface area contributed by atoms with E-state index < -0.39 is 0 Å². The van der Waals surface area contributed by atoms with Gasteiger partial charge in [0.2, 0.25) is 0 Å². The monoisotopic (exact) mass is 246 g/mol. The lowest BCUT2D eigenvalue weighted by molar-refractivity contribution is 1.12. The van der Waals surface area contributed by atoms with Crippen molar-refractivity contribution < 1.29 is 0 Å². The fraction of sp³-hybridized carbons (Fsp3) is 0. The van der Waals surface area contributed by atoms with Crippen LogP contribution in [0.15, 0.2) is 54.6 Å². The number of nitrogens with one attached hydrogen (secondary N) is 1. The summed E-state index contributed by atoms with van der Waals surface area (Å²) in [7, 11) is 0. The molecule has 0 aliphatic carbocycles. The summed E-state index contributed by atoms with van der Waals surface area (Å²) < 4.78 is 0. The first-order valence-corrected chi connectivity index (χ1v) is 6.08. The summed E-state index contributed by atoms with van der Waals surface area (Å²) >= 11 is 0. The zero-order valence-electron chi connectivity index (χ0n) is 10.0. The van der Waals surface area contributed by atoms with Crippen molar-refractivity contribution in [3.05, 3.63) is 54.6 Å². The number of nitrogens with zero attached hydrogens (tertiary/aromatic N) is 3. The molecular weight excluding hydrogens is 236 g/mol. The van der Waals surface area contributed by atoms with E-state index in [0.717, 1.165) is 33.2 Å². The van der Waals surface area contributed by atoms with E-state index in [4.69, 9.17) is 0 Å². The molecule has 0 aliphatic heterocycles. The molecule has 0 radical (unpaired) electrons. The molecule has 2 aromatic carbocycles. The summed E-state index contributed by atoms with van der Waals surface area (Å²) in [6, 6.07) is 17.9. The normalized spacial score (nSPS) is 11.2. The van der Waals surface area contributed by atoms with Crippen molar-refractivity contribution in [1.82, 2.24) is 20.4 Å². The number of benzene rings is 2. The highest BCUT2D eigenvalue weighted by molar-refractivity contribution is 6.05. The van der Waals surface area contributed by atoms with Gasteiger partial charge in [0, 0.05) is 10.9 Å². The van der Waals surface area contributed by atoms with E-state index in [0.29, 0.717) is 0 Å². The highest BCUT2D eigenvalue weighted by Crippen LogP contribution is 2.27. The Morgan fingerprint density at radius 1 is 0.789 bits per heavy atom. The maximum absolute atomic E-state index is 4.39. The van der Waals surface area contributed by atoms with E-state index >= 15 is 0 Å². The predicted octanol–water partition coefficient (Wildman–Crippen LogP) is 3.17. The molecular formula is C15H10N4. The van der Waals surface area contributed by atoms with Crippen LogP contribution in [0.25, 0.3) is 33.2 Å². The second-order valence-corrected chi connectivity index (χ2v) is 4.38. The van der Waals surface area contributed by atoms with Gasteiger partial charge in [0.15, 0.2) is 0 Å². The molecule has 0 atom stereocenters. The lowest BCUT2D eigenvalue weighted by Gasteiger charge is -1.98. The molecule has 4 rings (SSSR count). The molecule has 0 saturated carbocycles. The molecule has 0 bridgehead atoms. The van der Waals surface area contributed by atoms with E-state index in [-0.39, 0.29) is 0 Å². The minimum Gasteiger partial charge on any atom is -0.275 e. The summed E-state index contributed by atoms with van der Waals surface area (Å²) in [5.41, 5.74) is 4.50. The van der Waals surface area contributed by atoms with Crippen molar-refractivity contribution in [2.24, 2.45) is 0 Å². The fourth-order valence-corrected chi connectivity index (χ4v) is 2.29. The minimum absolute atomic E-state index is 0.810. The van der Waals surface area contributed by atoms with Gasteiger partial charge in [0.25, 0.3) is 0 Å². The third kappa shape index (κ3) is 1.50. The van der Waals surface area contributed by atoms with Gasteiger partial charge in [-0.3, -0.25) is 5.10 Å². The number of rotatable bonds is 1. The second-order valence-electron chi connectivity index (χ2n) is 4.38. The molecule has 0 spiro atoms. The smallest absolute Gasteiger partial charge is 0.139 e. The Bertz CT molecular complexity index is 865. The third-order valence-corrected chi connectivity index (χ3v) is 3.22. The van der Waals surface area contributed by atoms with Crippen LogP contribution in [-0.2, 0) is 0 Å². The molecule has 0 saturated heterocycles. The van der Waals surface area contributed by atoms with E-state index in [1.54, 1.807) is 0 Å². The van der Waals surface area contributed by atoms with E-state index in [9.17, 15) is 0 Å². The molecule has 90 valence electrons. The molecule has 0 fully saturated rings. The Balaban J connectivity index is 2.08. The first-order valence-electron chi connectivity index (χ1n) is 6.08. The second kappa shape index (κ2) is 3.88. The van der Waals surface area contributed by atoms with Gasteiger partial charge in [0.1, 0.15) is 11.2 Å². The zero-order valence-corrected chi connectivity index (χ0v) is 10.0. The van der Waals surface area contributed by atoms with Crippen molar-refractivity contribution in [2.75, 3.05) is 0 Å². The maximum Gasteiger partial charge on any atom is 0.139 e. The molecule has 4 heteroatoms. The third-order valence-electron chi connectivity index (χ3n) is 3.22. The highest BCUT2D eigenvalue weighted by atomic mass is 15.2. The average molecular weight is 246 g/mol.